The van der Waals surface area contributed by atoms with Gasteiger partial charge in [-0.15, -0.1) is 12.4 Å². The van der Waals surface area contributed by atoms with E-state index in [4.69, 9.17) is 5.73 Å². The summed E-state index contributed by atoms with van der Waals surface area (Å²) in [5.74, 6) is -2.25. The molecule has 3 atom stereocenters. The van der Waals surface area contributed by atoms with Gasteiger partial charge in [0.15, 0.2) is 0 Å². The van der Waals surface area contributed by atoms with Crippen molar-refractivity contribution >= 4 is 18.3 Å². The molecule has 0 aliphatic heterocycles. The summed E-state index contributed by atoms with van der Waals surface area (Å²) in [4.78, 5) is 12.1. The number of carbonyl (C=O) groups is 1. The molecule has 1 aliphatic rings. The molecule has 0 bridgehead atoms. The van der Waals surface area contributed by atoms with Gasteiger partial charge in [0, 0.05) is 18.5 Å². The summed E-state index contributed by atoms with van der Waals surface area (Å²) in [5, 5.41) is 2.69. The van der Waals surface area contributed by atoms with E-state index in [9.17, 15) is 18.0 Å². The molecular formula is C16H22ClF3N2O. The van der Waals surface area contributed by atoms with Gasteiger partial charge in [-0.2, -0.15) is 13.2 Å². The fourth-order valence-electron chi connectivity index (χ4n) is 2.90. The molecule has 3 unspecified atom stereocenters. The molecule has 0 aromatic heterocycles. The van der Waals surface area contributed by atoms with Crippen molar-refractivity contribution in [2.75, 3.05) is 6.54 Å². The van der Waals surface area contributed by atoms with Crippen molar-refractivity contribution in [3.05, 3.63) is 35.9 Å². The molecule has 1 aromatic carbocycles. The summed E-state index contributed by atoms with van der Waals surface area (Å²) in [5.41, 5.74) is 6.86. The maximum absolute atomic E-state index is 12.8. The Morgan fingerprint density at radius 3 is 2.52 bits per heavy atom. The van der Waals surface area contributed by atoms with Crippen LogP contribution < -0.4 is 11.1 Å². The molecule has 1 fully saturated rings. The molecule has 1 aromatic rings. The number of amides is 1. The van der Waals surface area contributed by atoms with E-state index < -0.39 is 18.0 Å². The van der Waals surface area contributed by atoms with Crippen molar-refractivity contribution in [3.8, 4) is 0 Å². The molecule has 0 spiro atoms. The first-order valence-corrected chi connectivity index (χ1v) is 7.53. The molecule has 130 valence electrons. The largest absolute Gasteiger partial charge is 0.391 e. The van der Waals surface area contributed by atoms with Gasteiger partial charge < -0.3 is 11.1 Å². The number of rotatable bonds is 4. The molecule has 1 saturated carbocycles. The van der Waals surface area contributed by atoms with Crippen LogP contribution in [-0.2, 0) is 4.79 Å². The highest BCUT2D eigenvalue weighted by atomic mass is 35.5. The summed E-state index contributed by atoms with van der Waals surface area (Å²) in [6, 6.07) is 8.94. The third-order valence-electron chi connectivity index (χ3n) is 4.23. The number of nitrogens with one attached hydrogen (secondary N) is 1. The maximum atomic E-state index is 12.8. The summed E-state index contributed by atoms with van der Waals surface area (Å²) < 4.78 is 38.3. The highest BCUT2D eigenvalue weighted by Crippen LogP contribution is 2.39. The minimum Gasteiger partial charge on any atom is -0.354 e. The van der Waals surface area contributed by atoms with Crippen molar-refractivity contribution in [1.82, 2.24) is 5.32 Å². The Kier molecular flexibility index (Phi) is 7.35. The van der Waals surface area contributed by atoms with Crippen LogP contribution in [0.4, 0.5) is 13.2 Å². The highest BCUT2D eigenvalue weighted by Gasteiger charge is 2.43. The molecule has 3 nitrogen and oxygen atoms in total. The number of hydrogen-bond acceptors (Lipinski definition) is 2. The van der Waals surface area contributed by atoms with E-state index in [1.807, 2.05) is 30.3 Å². The van der Waals surface area contributed by atoms with Crippen molar-refractivity contribution < 1.29 is 18.0 Å². The first-order chi connectivity index (χ1) is 10.4. The van der Waals surface area contributed by atoms with E-state index in [-0.39, 0.29) is 43.7 Å². The Hall–Kier alpha value is -1.27. The number of carbonyl (C=O) groups excluding carboxylic acids is 1. The Bertz CT molecular complexity index is 496. The number of halogens is 4. The Labute approximate surface area is 140 Å². The van der Waals surface area contributed by atoms with Crippen molar-refractivity contribution in [2.24, 2.45) is 17.6 Å². The number of nitrogens with two attached hydrogens (primary N) is 1. The smallest absolute Gasteiger partial charge is 0.354 e. The molecule has 0 heterocycles. The first-order valence-electron chi connectivity index (χ1n) is 7.53. The standard InChI is InChI=1S/C16H21F3N2O.ClH/c17-16(18,19)13-8-4-7-12(9-13)15(22)21-10-14(20)11-5-2-1-3-6-11;/h1-3,5-6,12-14H,4,7-10,20H2,(H,21,22);1H. The van der Waals surface area contributed by atoms with Gasteiger partial charge in [0.25, 0.3) is 0 Å². The van der Waals surface area contributed by atoms with E-state index in [2.05, 4.69) is 5.32 Å². The van der Waals surface area contributed by atoms with E-state index in [1.165, 1.54) is 0 Å². The van der Waals surface area contributed by atoms with Crippen LogP contribution in [0.5, 0.6) is 0 Å². The minimum absolute atomic E-state index is 0. The minimum atomic E-state index is -4.21. The molecular weight excluding hydrogens is 329 g/mol. The van der Waals surface area contributed by atoms with Crippen LogP contribution in [0.25, 0.3) is 0 Å². The lowest BCUT2D eigenvalue weighted by Gasteiger charge is -2.30. The van der Waals surface area contributed by atoms with Crippen molar-refractivity contribution in [2.45, 2.75) is 37.9 Å². The topological polar surface area (TPSA) is 55.1 Å². The third kappa shape index (κ3) is 5.70. The van der Waals surface area contributed by atoms with Gasteiger partial charge >= 0.3 is 6.18 Å². The lowest BCUT2D eigenvalue weighted by Crippen LogP contribution is -2.39. The maximum Gasteiger partial charge on any atom is 0.391 e. The fraction of sp³-hybridized carbons (Fsp3) is 0.562. The molecule has 0 radical (unpaired) electrons. The lowest BCUT2D eigenvalue weighted by molar-refractivity contribution is -0.186. The van der Waals surface area contributed by atoms with Gasteiger partial charge in [0.1, 0.15) is 0 Å². The van der Waals surface area contributed by atoms with Gasteiger partial charge in [-0.1, -0.05) is 36.8 Å². The second-order valence-electron chi connectivity index (χ2n) is 5.86. The van der Waals surface area contributed by atoms with Gasteiger partial charge in [-0.3, -0.25) is 4.79 Å². The fourth-order valence-corrected chi connectivity index (χ4v) is 2.90. The van der Waals surface area contributed by atoms with Crippen molar-refractivity contribution in [3.63, 3.8) is 0 Å². The number of benzene rings is 1. The molecule has 3 N–H and O–H groups in total. The predicted octanol–water partition coefficient (Wildman–Crippen LogP) is 3.59. The normalized spacial score (nSPS) is 22.8. The zero-order chi connectivity index (χ0) is 16.2. The van der Waals surface area contributed by atoms with Crippen LogP contribution in [0.2, 0.25) is 0 Å². The second-order valence-corrected chi connectivity index (χ2v) is 5.86. The predicted molar refractivity (Wildman–Crippen MR) is 85.1 cm³/mol. The first kappa shape index (κ1) is 19.8. The number of hydrogen-bond donors (Lipinski definition) is 2. The Morgan fingerprint density at radius 1 is 1.26 bits per heavy atom. The van der Waals surface area contributed by atoms with Crippen molar-refractivity contribution in [1.29, 1.82) is 0 Å². The van der Waals surface area contributed by atoms with Crippen LogP contribution >= 0.6 is 12.4 Å². The molecule has 2 rings (SSSR count). The summed E-state index contributed by atoms with van der Waals surface area (Å²) >= 11 is 0. The van der Waals surface area contributed by atoms with E-state index in [0.29, 0.717) is 12.8 Å². The SMILES string of the molecule is Cl.NC(CNC(=O)C1CCCC(C(F)(F)F)C1)c1ccccc1. The Morgan fingerprint density at radius 2 is 1.91 bits per heavy atom. The highest BCUT2D eigenvalue weighted by molar-refractivity contribution is 5.85. The van der Waals surface area contributed by atoms with Crippen LogP contribution in [0.1, 0.15) is 37.3 Å². The van der Waals surface area contributed by atoms with Crippen LogP contribution in [0, 0.1) is 11.8 Å². The van der Waals surface area contributed by atoms with Gasteiger partial charge in [-0.05, 0) is 24.8 Å². The zero-order valence-corrected chi connectivity index (χ0v) is 13.5. The molecule has 23 heavy (non-hydrogen) atoms. The molecule has 1 aliphatic carbocycles. The van der Waals surface area contributed by atoms with E-state index in [1.54, 1.807) is 0 Å². The summed E-state index contributed by atoms with van der Waals surface area (Å²) in [6.45, 7) is 0.232. The average molecular weight is 351 g/mol. The average Bonchev–Trinajstić information content (AvgIpc) is 2.52. The second kappa shape index (κ2) is 8.55. The summed E-state index contributed by atoms with van der Waals surface area (Å²) in [6.07, 6.45) is -3.25. The quantitative estimate of drug-likeness (QED) is 0.871. The van der Waals surface area contributed by atoms with Gasteiger partial charge in [0.05, 0.1) is 5.92 Å². The monoisotopic (exact) mass is 350 g/mol. The third-order valence-corrected chi connectivity index (χ3v) is 4.23. The Balaban J connectivity index is 0.00000264. The zero-order valence-electron chi connectivity index (χ0n) is 12.7. The molecule has 0 saturated heterocycles. The summed E-state index contributed by atoms with van der Waals surface area (Å²) in [7, 11) is 0. The van der Waals surface area contributed by atoms with Crippen LogP contribution in [0.3, 0.4) is 0 Å². The van der Waals surface area contributed by atoms with Gasteiger partial charge in [-0.25, -0.2) is 0 Å². The van der Waals surface area contributed by atoms with Crippen LogP contribution in [-0.4, -0.2) is 18.6 Å². The molecule has 1 amide bonds. The lowest BCUT2D eigenvalue weighted by atomic mass is 9.80. The van der Waals surface area contributed by atoms with Crippen LogP contribution in [0.15, 0.2) is 30.3 Å². The molecule has 7 heteroatoms. The number of alkyl halides is 3. The van der Waals surface area contributed by atoms with E-state index in [0.717, 1.165) is 5.56 Å². The van der Waals surface area contributed by atoms with E-state index >= 15 is 0 Å². The van der Waals surface area contributed by atoms with Gasteiger partial charge in [0.2, 0.25) is 5.91 Å².